The van der Waals surface area contributed by atoms with Gasteiger partial charge in [0, 0.05) is 6.54 Å². The van der Waals surface area contributed by atoms with E-state index < -0.39 is 6.04 Å². The molecule has 2 fully saturated rings. The van der Waals surface area contributed by atoms with E-state index in [2.05, 4.69) is 59.2 Å². The van der Waals surface area contributed by atoms with Crippen molar-refractivity contribution in [2.75, 3.05) is 13.6 Å². The summed E-state index contributed by atoms with van der Waals surface area (Å²) in [5.74, 6) is 0.228. The second-order valence-electron chi connectivity index (χ2n) is 9.99. The smallest absolute Gasteiger partial charge is 0.245 e. The zero-order chi connectivity index (χ0) is 23.9. The molecular weight excluding hydrogens is 422 g/mol. The van der Waals surface area contributed by atoms with E-state index in [1.54, 1.807) is 7.05 Å². The Kier molecular flexibility index (Phi) is 8.39. The predicted molar refractivity (Wildman–Crippen MR) is 136 cm³/mol. The van der Waals surface area contributed by atoms with Gasteiger partial charge in [-0.15, -0.1) is 0 Å². The molecule has 0 radical (unpaired) electrons. The van der Waals surface area contributed by atoms with Crippen LogP contribution in [0.4, 0.5) is 0 Å². The molecule has 1 aliphatic heterocycles. The van der Waals surface area contributed by atoms with E-state index in [1.807, 2.05) is 17.9 Å². The molecule has 182 valence electrons. The molecule has 0 bridgehead atoms. The number of hydrogen-bond acceptors (Lipinski definition) is 3. The fourth-order valence-electron chi connectivity index (χ4n) is 5.56. The highest BCUT2D eigenvalue weighted by Gasteiger charge is 2.39. The van der Waals surface area contributed by atoms with Crippen molar-refractivity contribution in [3.63, 3.8) is 0 Å². The average Bonchev–Trinajstić information content (AvgIpc) is 3.38. The third kappa shape index (κ3) is 5.87. The molecule has 2 aromatic rings. The number of benzene rings is 2. The molecule has 2 N–H and O–H groups in total. The minimum absolute atomic E-state index is 0.0768. The number of nitrogens with zero attached hydrogens (tertiary/aromatic N) is 1. The van der Waals surface area contributed by atoms with Crippen molar-refractivity contribution in [2.24, 2.45) is 5.92 Å². The van der Waals surface area contributed by atoms with E-state index in [4.69, 9.17) is 0 Å². The van der Waals surface area contributed by atoms with Crippen molar-refractivity contribution in [3.8, 4) is 0 Å². The molecule has 1 aliphatic carbocycles. The minimum atomic E-state index is -0.434. The first-order valence-corrected chi connectivity index (χ1v) is 13.0. The highest BCUT2D eigenvalue weighted by Crippen LogP contribution is 2.35. The second-order valence-corrected chi connectivity index (χ2v) is 9.99. The van der Waals surface area contributed by atoms with Crippen molar-refractivity contribution in [1.82, 2.24) is 15.5 Å². The first-order valence-electron chi connectivity index (χ1n) is 13.0. The lowest BCUT2D eigenvalue weighted by Gasteiger charge is -2.35. The van der Waals surface area contributed by atoms with Crippen molar-refractivity contribution < 1.29 is 9.59 Å². The summed E-state index contributed by atoms with van der Waals surface area (Å²) in [4.78, 5) is 28.8. The minimum Gasteiger partial charge on any atom is -0.343 e. The van der Waals surface area contributed by atoms with E-state index in [1.165, 1.54) is 23.1 Å². The number of nitrogens with one attached hydrogen (secondary N) is 2. The van der Waals surface area contributed by atoms with E-state index in [9.17, 15) is 9.59 Å². The van der Waals surface area contributed by atoms with Gasteiger partial charge in [0.05, 0.1) is 12.1 Å². The van der Waals surface area contributed by atoms with Crippen molar-refractivity contribution in [3.05, 3.63) is 71.3 Å². The number of hydrogen-bond donors (Lipinski definition) is 2. The molecule has 0 spiro atoms. The fourth-order valence-corrected chi connectivity index (χ4v) is 5.56. The van der Waals surface area contributed by atoms with Gasteiger partial charge in [0.1, 0.15) is 6.04 Å². The summed E-state index contributed by atoms with van der Waals surface area (Å²) in [5, 5.41) is 6.14. The molecule has 2 aliphatic rings. The lowest BCUT2D eigenvalue weighted by Crippen LogP contribution is -2.55. The van der Waals surface area contributed by atoms with Crippen LogP contribution >= 0.6 is 0 Å². The predicted octanol–water partition coefficient (Wildman–Crippen LogP) is 4.61. The molecular formula is C29H39N3O2. The molecule has 34 heavy (non-hydrogen) atoms. The average molecular weight is 462 g/mol. The highest BCUT2D eigenvalue weighted by molar-refractivity contribution is 5.90. The maximum absolute atomic E-state index is 13.9. The number of likely N-dealkylation sites (N-methyl/N-ethyl adjacent to an activating group) is 1. The Morgan fingerprint density at radius 1 is 0.941 bits per heavy atom. The maximum Gasteiger partial charge on any atom is 0.245 e. The first kappa shape index (κ1) is 24.5. The highest BCUT2D eigenvalue weighted by atomic mass is 16.2. The standard InChI is InChI=1S/C29H39N3O2/c1-21(30-2)28(33)31-27(24-14-7-4-8-15-24)29(34)32-18-10-17-26(32)25-16-9-13-23(20-25)19-22-11-5-3-6-12-22/h3,5-6,9,11-13,16,20-21,24,26-27,30H,4,7-8,10,14-15,17-19H2,1-2H3,(H,31,33)/t21-,26+,27-/m0/s1. The van der Waals surface area contributed by atoms with E-state index in [0.29, 0.717) is 0 Å². The monoisotopic (exact) mass is 461 g/mol. The van der Waals surface area contributed by atoms with Gasteiger partial charge in [0.2, 0.25) is 11.8 Å². The van der Waals surface area contributed by atoms with Gasteiger partial charge in [-0.25, -0.2) is 0 Å². The van der Waals surface area contributed by atoms with E-state index in [-0.39, 0.29) is 29.8 Å². The second kappa shape index (κ2) is 11.7. The molecule has 3 atom stereocenters. The molecule has 2 aromatic carbocycles. The molecule has 5 heteroatoms. The number of likely N-dealkylation sites (tertiary alicyclic amines) is 1. The summed E-state index contributed by atoms with van der Waals surface area (Å²) in [6, 6.07) is 18.5. The molecule has 2 amide bonds. The Balaban J connectivity index is 1.53. The van der Waals surface area contributed by atoms with Crippen LogP contribution in [0.1, 0.15) is 74.6 Å². The molecule has 0 unspecified atom stereocenters. The van der Waals surface area contributed by atoms with Gasteiger partial charge in [0.25, 0.3) is 0 Å². The first-order chi connectivity index (χ1) is 16.6. The third-order valence-corrected chi connectivity index (χ3v) is 7.63. The zero-order valence-corrected chi connectivity index (χ0v) is 20.6. The van der Waals surface area contributed by atoms with Crippen LogP contribution in [0.2, 0.25) is 0 Å². The Morgan fingerprint density at radius 2 is 1.68 bits per heavy atom. The SMILES string of the molecule is CN[C@@H](C)C(=O)N[C@H](C(=O)N1CCC[C@@H]1c1cccc(Cc2ccccc2)c1)C1CCCCC1. The molecule has 5 nitrogen and oxygen atoms in total. The van der Waals surface area contributed by atoms with Gasteiger partial charge in [-0.1, -0.05) is 73.9 Å². The summed E-state index contributed by atoms with van der Waals surface area (Å²) in [5.41, 5.74) is 3.76. The Bertz CT molecular complexity index is 955. The summed E-state index contributed by atoms with van der Waals surface area (Å²) in [6.07, 6.45) is 8.37. The summed E-state index contributed by atoms with van der Waals surface area (Å²) >= 11 is 0. The largest absolute Gasteiger partial charge is 0.343 e. The Hall–Kier alpha value is -2.66. The third-order valence-electron chi connectivity index (χ3n) is 7.63. The Labute approximate surface area is 204 Å². The molecule has 0 aromatic heterocycles. The lowest BCUT2D eigenvalue weighted by atomic mass is 9.83. The van der Waals surface area contributed by atoms with Crippen molar-refractivity contribution >= 4 is 11.8 Å². The zero-order valence-electron chi connectivity index (χ0n) is 20.6. The van der Waals surface area contributed by atoms with Gasteiger partial charge in [0.15, 0.2) is 0 Å². The Morgan fingerprint density at radius 3 is 2.41 bits per heavy atom. The van der Waals surface area contributed by atoms with Crippen LogP contribution in [0.25, 0.3) is 0 Å². The quantitative estimate of drug-likeness (QED) is 0.603. The van der Waals surface area contributed by atoms with Crippen molar-refractivity contribution in [1.29, 1.82) is 0 Å². The van der Waals surface area contributed by atoms with E-state index >= 15 is 0 Å². The van der Waals surface area contributed by atoms with Gasteiger partial charge in [-0.3, -0.25) is 9.59 Å². The molecule has 1 saturated carbocycles. The van der Waals surface area contributed by atoms with Crippen LogP contribution < -0.4 is 10.6 Å². The van der Waals surface area contributed by atoms with Crippen LogP contribution in [0.5, 0.6) is 0 Å². The van der Waals surface area contributed by atoms with Crippen LogP contribution in [-0.4, -0.2) is 42.4 Å². The summed E-state index contributed by atoms with van der Waals surface area (Å²) < 4.78 is 0. The van der Waals surface area contributed by atoms with E-state index in [0.717, 1.165) is 51.5 Å². The maximum atomic E-state index is 13.9. The number of amides is 2. The number of carbonyl (C=O) groups excluding carboxylic acids is 2. The van der Waals surface area contributed by atoms with Crippen LogP contribution in [-0.2, 0) is 16.0 Å². The number of rotatable bonds is 8. The summed E-state index contributed by atoms with van der Waals surface area (Å²) in [7, 11) is 1.78. The number of carbonyl (C=O) groups is 2. The van der Waals surface area contributed by atoms with Gasteiger partial charge in [-0.05, 0) is 68.7 Å². The van der Waals surface area contributed by atoms with Gasteiger partial charge < -0.3 is 15.5 Å². The molecule has 1 heterocycles. The van der Waals surface area contributed by atoms with Crippen molar-refractivity contribution in [2.45, 2.75) is 76.4 Å². The van der Waals surface area contributed by atoms with Crippen LogP contribution in [0.3, 0.4) is 0 Å². The van der Waals surface area contributed by atoms with Crippen LogP contribution in [0, 0.1) is 5.92 Å². The fraction of sp³-hybridized carbons (Fsp3) is 0.517. The normalized spacial score (nSPS) is 20.6. The van der Waals surface area contributed by atoms with Gasteiger partial charge >= 0.3 is 0 Å². The lowest BCUT2D eigenvalue weighted by molar-refractivity contribution is -0.139. The topological polar surface area (TPSA) is 61.4 Å². The van der Waals surface area contributed by atoms with Gasteiger partial charge in [-0.2, -0.15) is 0 Å². The van der Waals surface area contributed by atoms with Crippen LogP contribution in [0.15, 0.2) is 54.6 Å². The molecule has 1 saturated heterocycles. The summed E-state index contributed by atoms with van der Waals surface area (Å²) in [6.45, 7) is 2.60. The molecule has 4 rings (SSSR count).